The van der Waals surface area contributed by atoms with Crippen LogP contribution in [0.2, 0.25) is 0 Å². The van der Waals surface area contributed by atoms with Crippen molar-refractivity contribution in [1.82, 2.24) is 0 Å². The third-order valence-corrected chi connectivity index (χ3v) is 4.68. The maximum absolute atomic E-state index is 11.7. The van der Waals surface area contributed by atoms with Crippen LogP contribution in [0.4, 0.5) is 0 Å². The second-order valence-corrected chi connectivity index (χ2v) is 7.05. The number of carbonyl (C=O) groups is 1. The van der Waals surface area contributed by atoms with Crippen LogP contribution in [0.1, 0.15) is 110 Å². The Bertz CT molecular complexity index is 368. The quantitative estimate of drug-likeness (QED) is 0.233. The number of hydrogen-bond acceptors (Lipinski definition) is 2. The topological polar surface area (TPSA) is 26.3 Å². The van der Waals surface area contributed by atoms with E-state index in [9.17, 15) is 4.79 Å². The minimum absolute atomic E-state index is 0.0733. The van der Waals surface area contributed by atoms with Crippen molar-refractivity contribution in [2.75, 3.05) is 0 Å². The van der Waals surface area contributed by atoms with E-state index < -0.39 is 0 Å². The Hall–Kier alpha value is -1.05. The average Bonchev–Trinajstić information content (AvgIpc) is 2.60. The lowest BCUT2D eigenvalue weighted by molar-refractivity contribution is -0.139. The van der Waals surface area contributed by atoms with Crippen molar-refractivity contribution in [1.29, 1.82) is 0 Å². The van der Waals surface area contributed by atoms with Gasteiger partial charge in [-0.25, -0.2) is 0 Å². The molecule has 24 heavy (non-hydrogen) atoms. The number of esters is 1. The average molecular weight is 335 g/mol. The van der Waals surface area contributed by atoms with E-state index in [1.807, 2.05) is 12.2 Å². The number of hydrogen-bond donors (Lipinski definition) is 0. The number of unbranched alkanes of at least 4 members (excludes halogenated alkanes) is 12. The molecule has 0 aliphatic heterocycles. The molecule has 1 rings (SSSR count). The lowest BCUT2D eigenvalue weighted by Gasteiger charge is -2.08. The second kappa shape index (κ2) is 15.5. The van der Waals surface area contributed by atoms with Gasteiger partial charge in [0, 0.05) is 6.42 Å². The van der Waals surface area contributed by atoms with Gasteiger partial charge in [-0.15, -0.1) is 0 Å². The molecule has 0 N–H and O–H groups in total. The molecule has 0 bridgehead atoms. The van der Waals surface area contributed by atoms with Crippen LogP contribution in [-0.4, -0.2) is 5.97 Å². The van der Waals surface area contributed by atoms with E-state index in [0.717, 1.165) is 31.4 Å². The summed E-state index contributed by atoms with van der Waals surface area (Å²) in [6, 6.07) is 0. The molecule has 0 spiro atoms. The highest BCUT2D eigenvalue weighted by atomic mass is 16.5. The molecule has 2 nitrogen and oxygen atoms in total. The molecule has 0 unspecified atom stereocenters. The summed E-state index contributed by atoms with van der Waals surface area (Å²) in [7, 11) is 0. The summed E-state index contributed by atoms with van der Waals surface area (Å²) in [6.45, 7) is 2.27. The van der Waals surface area contributed by atoms with E-state index >= 15 is 0 Å². The molecule has 2 heteroatoms. The minimum Gasteiger partial charge on any atom is -0.427 e. The van der Waals surface area contributed by atoms with Crippen molar-refractivity contribution in [2.24, 2.45) is 0 Å². The Labute approximate surface area is 149 Å². The maximum atomic E-state index is 11.7. The molecule has 0 aromatic heterocycles. The molecule has 138 valence electrons. The van der Waals surface area contributed by atoms with Crippen molar-refractivity contribution in [3.05, 3.63) is 24.0 Å². The molecular weight excluding hydrogens is 296 g/mol. The Balaban J connectivity index is 1.79. The van der Waals surface area contributed by atoms with Gasteiger partial charge in [-0.3, -0.25) is 4.79 Å². The zero-order valence-corrected chi connectivity index (χ0v) is 15.9. The Morgan fingerprint density at radius 3 is 1.88 bits per heavy atom. The van der Waals surface area contributed by atoms with Crippen LogP contribution in [0.5, 0.6) is 0 Å². The minimum atomic E-state index is -0.0733. The van der Waals surface area contributed by atoms with Gasteiger partial charge in [0.2, 0.25) is 0 Å². The fourth-order valence-corrected chi connectivity index (χ4v) is 3.13. The summed E-state index contributed by atoms with van der Waals surface area (Å²) < 4.78 is 5.33. The van der Waals surface area contributed by atoms with E-state index in [4.69, 9.17) is 4.74 Å². The van der Waals surface area contributed by atoms with Crippen molar-refractivity contribution < 1.29 is 9.53 Å². The first-order valence-corrected chi connectivity index (χ1v) is 10.4. The molecule has 1 aliphatic rings. The van der Waals surface area contributed by atoms with Gasteiger partial charge in [-0.05, 0) is 31.4 Å². The molecule has 0 saturated heterocycles. The van der Waals surface area contributed by atoms with Crippen LogP contribution in [0.3, 0.4) is 0 Å². The molecular formula is C22H38O2. The van der Waals surface area contributed by atoms with Crippen LogP contribution in [-0.2, 0) is 9.53 Å². The third-order valence-electron chi connectivity index (χ3n) is 4.68. The van der Waals surface area contributed by atoms with E-state index in [-0.39, 0.29) is 5.97 Å². The van der Waals surface area contributed by atoms with Gasteiger partial charge >= 0.3 is 5.97 Å². The highest BCUT2D eigenvalue weighted by Gasteiger charge is 2.06. The summed E-state index contributed by atoms with van der Waals surface area (Å²) in [5, 5.41) is 0. The first kappa shape index (κ1) is 21.0. The fourth-order valence-electron chi connectivity index (χ4n) is 3.13. The second-order valence-electron chi connectivity index (χ2n) is 7.05. The number of ether oxygens (including phenoxy) is 1. The Morgan fingerprint density at radius 2 is 1.38 bits per heavy atom. The van der Waals surface area contributed by atoms with Gasteiger partial charge in [0.1, 0.15) is 5.76 Å². The number of allylic oxidation sites excluding steroid dienone is 3. The standard InChI is InChI=1S/C22H38O2/c1-2-3-4-5-6-7-8-9-10-11-12-13-17-20-22(23)24-21-18-15-14-16-19-21/h15,18-19H,2-14,16-17,20H2,1H3. The van der Waals surface area contributed by atoms with Gasteiger partial charge < -0.3 is 4.74 Å². The SMILES string of the molecule is CCCCCCCCCCCCCCCC(=O)OC1=CCCC=C1. The van der Waals surface area contributed by atoms with E-state index in [2.05, 4.69) is 13.0 Å². The molecule has 0 saturated carbocycles. The Kier molecular flexibility index (Phi) is 13.5. The molecule has 0 aromatic carbocycles. The van der Waals surface area contributed by atoms with Crippen LogP contribution < -0.4 is 0 Å². The van der Waals surface area contributed by atoms with Crippen LogP contribution in [0.15, 0.2) is 24.0 Å². The highest BCUT2D eigenvalue weighted by molar-refractivity contribution is 5.70. The maximum Gasteiger partial charge on any atom is 0.311 e. The zero-order valence-electron chi connectivity index (χ0n) is 15.9. The molecule has 0 aromatic rings. The fraction of sp³-hybridized carbons (Fsp3) is 0.773. The number of rotatable bonds is 15. The van der Waals surface area contributed by atoms with Gasteiger partial charge in [-0.1, -0.05) is 90.0 Å². The molecule has 0 atom stereocenters. The predicted molar refractivity (Wildman–Crippen MR) is 103 cm³/mol. The van der Waals surface area contributed by atoms with Gasteiger partial charge in [-0.2, -0.15) is 0 Å². The summed E-state index contributed by atoms with van der Waals surface area (Å²) in [6.07, 6.45) is 25.8. The molecule has 0 heterocycles. The first-order chi connectivity index (χ1) is 11.8. The van der Waals surface area contributed by atoms with Gasteiger partial charge in [0.05, 0.1) is 0 Å². The zero-order chi connectivity index (χ0) is 17.3. The number of carbonyl (C=O) groups excluding carboxylic acids is 1. The lowest BCUT2D eigenvalue weighted by Crippen LogP contribution is -2.04. The van der Waals surface area contributed by atoms with Crippen LogP contribution in [0.25, 0.3) is 0 Å². The third kappa shape index (κ3) is 12.4. The molecule has 1 aliphatic carbocycles. The summed E-state index contributed by atoms with van der Waals surface area (Å²) in [4.78, 5) is 11.7. The van der Waals surface area contributed by atoms with Crippen molar-refractivity contribution in [2.45, 2.75) is 110 Å². The lowest BCUT2D eigenvalue weighted by atomic mass is 10.0. The van der Waals surface area contributed by atoms with Crippen LogP contribution in [0, 0.1) is 0 Å². The van der Waals surface area contributed by atoms with Gasteiger partial charge in [0.15, 0.2) is 0 Å². The van der Waals surface area contributed by atoms with Crippen molar-refractivity contribution in [3.8, 4) is 0 Å². The van der Waals surface area contributed by atoms with Gasteiger partial charge in [0.25, 0.3) is 0 Å². The largest absolute Gasteiger partial charge is 0.427 e. The first-order valence-electron chi connectivity index (χ1n) is 10.4. The van der Waals surface area contributed by atoms with E-state index in [0.29, 0.717) is 6.42 Å². The Morgan fingerprint density at radius 1 is 0.833 bits per heavy atom. The predicted octanol–water partition coefficient (Wildman–Crippen LogP) is 7.24. The summed E-state index contributed by atoms with van der Waals surface area (Å²) in [5.74, 6) is 0.664. The molecule has 0 radical (unpaired) electrons. The summed E-state index contributed by atoms with van der Waals surface area (Å²) in [5.41, 5.74) is 0. The molecule has 0 fully saturated rings. The van der Waals surface area contributed by atoms with E-state index in [1.165, 1.54) is 70.6 Å². The van der Waals surface area contributed by atoms with Crippen molar-refractivity contribution >= 4 is 5.97 Å². The smallest absolute Gasteiger partial charge is 0.311 e. The van der Waals surface area contributed by atoms with E-state index in [1.54, 1.807) is 0 Å². The highest BCUT2D eigenvalue weighted by Crippen LogP contribution is 2.15. The summed E-state index contributed by atoms with van der Waals surface area (Å²) >= 11 is 0. The van der Waals surface area contributed by atoms with Crippen LogP contribution >= 0.6 is 0 Å². The normalized spacial score (nSPS) is 13.8. The molecule has 0 amide bonds. The van der Waals surface area contributed by atoms with Crippen molar-refractivity contribution in [3.63, 3.8) is 0 Å². The monoisotopic (exact) mass is 334 g/mol.